The maximum Gasteiger partial charge on any atom is 0.124 e. The Hall–Kier alpha value is -0.540. The normalized spacial score (nSPS) is 27.4. The predicted molar refractivity (Wildman–Crippen MR) is 92.8 cm³/mol. The summed E-state index contributed by atoms with van der Waals surface area (Å²) < 4.78 is 6.70. The fourth-order valence-electron chi connectivity index (χ4n) is 3.58. The number of rotatable bonds is 5. The second-order valence-electron chi connectivity index (χ2n) is 6.45. The first kappa shape index (κ1) is 16.8. The number of methoxy groups -OCH3 is 1. The van der Waals surface area contributed by atoms with Crippen LogP contribution < -0.4 is 10.1 Å². The number of halogens is 1. The molecule has 0 bridgehead atoms. The zero-order valence-corrected chi connectivity index (χ0v) is 15.2. The molecule has 0 aromatic heterocycles. The molecule has 1 aliphatic rings. The lowest BCUT2D eigenvalue weighted by Crippen LogP contribution is -2.33. The molecule has 1 aliphatic carbocycles. The number of benzene rings is 1. The van der Waals surface area contributed by atoms with Crippen molar-refractivity contribution < 1.29 is 4.74 Å². The number of hydrogen-bond donors (Lipinski definition) is 1. The molecule has 1 aromatic rings. The summed E-state index contributed by atoms with van der Waals surface area (Å²) in [7, 11) is 1.76. The highest BCUT2D eigenvalue weighted by molar-refractivity contribution is 9.10. The van der Waals surface area contributed by atoms with E-state index >= 15 is 0 Å². The van der Waals surface area contributed by atoms with E-state index in [9.17, 15) is 0 Å². The van der Waals surface area contributed by atoms with Gasteiger partial charge >= 0.3 is 0 Å². The molecular weight excluding hydrogens is 326 g/mol. The van der Waals surface area contributed by atoms with Crippen LogP contribution in [-0.4, -0.2) is 13.7 Å². The van der Waals surface area contributed by atoms with E-state index in [2.05, 4.69) is 60.2 Å². The molecule has 0 radical (unpaired) electrons. The second kappa shape index (κ2) is 7.64. The standard InChI is InChI=1S/C18H28BrNO/c1-5-20-18(14-7-6-12(2)13(3)10-14)16-9-8-15(19)11-17(16)21-4/h8-9,11-14,18,20H,5-7,10H2,1-4H3. The lowest BCUT2D eigenvalue weighted by atomic mass is 9.72. The molecule has 1 saturated carbocycles. The quantitative estimate of drug-likeness (QED) is 0.787. The fraction of sp³-hybridized carbons (Fsp3) is 0.667. The SMILES string of the molecule is CCNC(c1ccc(Br)cc1OC)C1CCC(C)C(C)C1. The first-order valence-electron chi connectivity index (χ1n) is 8.13. The van der Waals surface area contributed by atoms with E-state index in [0.717, 1.165) is 28.6 Å². The van der Waals surface area contributed by atoms with Gasteiger partial charge in [-0.3, -0.25) is 0 Å². The number of nitrogens with one attached hydrogen (secondary N) is 1. The van der Waals surface area contributed by atoms with Crippen LogP contribution in [-0.2, 0) is 0 Å². The molecule has 4 atom stereocenters. The van der Waals surface area contributed by atoms with Crippen LogP contribution >= 0.6 is 15.9 Å². The van der Waals surface area contributed by atoms with Crippen molar-refractivity contribution in [2.24, 2.45) is 17.8 Å². The molecule has 2 nitrogen and oxygen atoms in total. The summed E-state index contributed by atoms with van der Waals surface area (Å²) >= 11 is 3.54. The summed E-state index contributed by atoms with van der Waals surface area (Å²) in [6.07, 6.45) is 3.95. The summed E-state index contributed by atoms with van der Waals surface area (Å²) in [6.45, 7) is 7.97. The third-order valence-electron chi connectivity index (χ3n) is 5.06. The van der Waals surface area contributed by atoms with Crippen molar-refractivity contribution in [1.82, 2.24) is 5.32 Å². The van der Waals surface area contributed by atoms with Crippen molar-refractivity contribution >= 4 is 15.9 Å². The summed E-state index contributed by atoms with van der Waals surface area (Å²) in [6, 6.07) is 6.80. The van der Waals surface area contributed by atoms with E-state index in [-0.39, 0.29) is 0 Å². The summed E-state index contributed by atoms with van der Waals surface area (Å²) in [5.74, 6) is 3.36. The summed E-state index contributed by atoms with van der Waals surface area (Å²) in [4.78, 5) is 0. The zero-order valence-electron chi connectivity index (χ0n) is 13.7. The van der Waals surface area contributed by atoms with Crippen LogP contribution in [0.3, 0.4) is 0 Å². The largest absolute Gasteiger partial charge is 0.496 e. The van der Waals surface area contributed by atoms with Crippen LogP contribution in [0.2, 0.25) is 0 Å². The van der Waals surface area contributed by atoms with Crippen LogP contribution in [0.4, 0.5) is 0 Å². The van der Waals surface area contributed by atoms with Gasteiger partial charge in [0, 0.05) is 16.1 Å². The van der Waals surface area contributed by atoms with Crippen LogP contribution in [0.1, 0.15) is 51.6 Å². The number of ether oxygens (including phenoxy) is 1. The first-order chi connectivity index (χ1) is 10.1. The van der Waals surface area contributed by atoms with Gasteiger partial charge in [0.1, 0.15) is 5.75 Å². The Labute approximate surface area is 137 Å². The summed E-state index contributed by atoms with van der Waals surface area (Å²) in [5, 5.41) is 3.70. The smallest absolute Gasteiger partial charge is 0.124 e. The van der Waals surface area contributed by atoms with E-state index in [1.165, 1.54) is 24.8 Å². The van der Waals surface area contributed by atoms with Gasteiger partial charge in [-0.1, -0.05) is 49.2 Å². The highest BCUT2D eigenvalue weighted by atomic mass is 79.9. The van der Waals surface area contributed by atoms with Crippen molar-refractivity contribution in [3.8, 4) is 5.75 Å². The molecule has 1 aromatic carbocycles. The maximum atomic E-state index is 5.62. The van der Waals surface area contributed by atoms with Crippen LogP contribution in [0.5, 0.6) is 5.75 Å². The molecule has 0 saturated heterocycles. The predicted octanol–water partition coefficient (Wildman–Crippen LogP) is 5.18. The van der Waals surface area contributed by atoms with E-state index in [1.807, 2.05) is 0 Å². The van der Waals surface area contributed by atoms with E-state index < -0.39 is 0 Å². The van der Waals surface area contributed by atoms with E-state index in [4.69, 9.17) is 4.74 Å². The Balaban J connectivity index is 2.26. The Bertz CT molecular complexity index is 463. The van der Waals surface area contributed by atoms with Crippen molar-refractivity contribution in [2.75, 3.05) is 13.7 Å². The van der Waals surface area contributed by atoms with Gasteiger partial charge in [-0.15, -0.1) is 0 Å². The highest BCUT2D eigenvalue weighted by Crippen LogP contribution is 2.42. The average molecular weight is 354 g/mol. The molecule has 0 aliphatic heterocycles. The van der Waals surface area contributed by atoms with Gasteiger partial charge in [-0.2, -0.15) is 0 Å². The van der Waals surface area contributed by atoms with Gasteiger partial charge in [-0.05, 0) is 49.3 Å². The zero-order chi connectivity index (χ0) is 15.4. The molecule has 0 heterocycles. The van der Waals surface area contributed by atoms with E-state index in [1.54, 1.807) is 7.11 Å². The minimum absolute atomic E-state index is 0.396. The Morgan fingerprint density at radius 1 is 1.29 bits per heavy atom. The molecule has 1 N–H and O–H groups in total. The van der Waals surface area contributed by atoms with Gasteiger partial charge in [0.05, 0.1) is 7.11 Å². The molecule has 4 unspecified atom stereocenters. The average Bonchev–Trinajstić information content (AvgIpc) is 2.48. The monoisotopic (exact) mass is 353 g/mol. The van der Waals surface area contributed by atoms with Gasteiger partial charge < -0.3 is 10.1 Å². The van der Waals surface area contributed by atoms with Gasteiger partial charge in [-0.25, -0.2) is 0 Å². The van der Waals surface area contributed by atoms with Crippen molar-refractivity contribution in [3.05, 3.63) is 28.2 Å². The Morgan fingerprint density at radius 2 is 2.05 bits per heavy atom. The molecule has 118 valence electrons. The van der Waals surface area contributed by atoms with Crippen molar-refractivity contribution in [1.29, 1.82) is 0 Å². The van der Waals surface area contributed by atoms with Crippen LogP contribution in [0.25, 0.3) is 0 Å². The fourth-order valence-corrected chi connectivity index (χ4v) is 3.92. The maximum absolute atomic E-state index is 5.62. The second-order valence-corrected chi connectivity index (χ2v) is 7.36. The molecule has 3 heteroatoms. The molecule has 0 spiro atoms. The molecule has 2 rings (SSSR count). The van der Waals surface area contributed by atoms with Crippen LogP contribution in [0, 0.1) is 17.8 Å². The minimum atomic E-state index is 0.396. The van der Waals surface area contributed by atoms with Crippen LogP contribution in [0.15, 0.2) is 22.7 Å². The Morgan fingerprint density at radius 3 is 2.67 bits per heavy atom. The van der Waals surface area contributed by atoms with Gasteiger partial charge in [0.25, 0.3) is 0 Å². The van der Waals surface area contributed by atoms with Crippen molar-refractivity contribution in [2.45, 2.75) is 46.1 Å². The lowest BCUT2D eigenvalue weighted by Gasteiger charge is -2.37. The molecule has 1 fully saturated rings. The van der Waals surface area contributed by atoms with Gasteiger partial charge in [0.15, 0.2) is 0 Å². The first-order valence-corrected chi connectivity index (χ1v) is 8.92. The molecule has 0 amide bonds. The van der Waals surface area contributed by atoms with Crippen molar-refractivity contribution in [3.63, 3.8) is 0 Å². The number of hydrogen-bond acceptors (Lipinski definition) is 2. The molecular formula is C18H28BrNO. The topological polar surface area (TPSA) is 21.3 Å². The molecule has 21 heavy (non-hydrogen) atoms. The lowest BCUT2D eigenvalue weighted by molar-refractivity contribution is 0.170. The third kappa shape index (κ3) is 4.01. The Kier molecular flexibility index (Phi) is 6.12. The minimum Gasteiger partial charge on any atom is -0.496 e. The van der Waals surface area contributed by atoms with Gasteiger partial charge in [0.2, 0.25) is 0 Å². The highest BCUT2D eigenvalue weighted by Gasteiger charge is 2.31. The summed E-state index contributed by atoms with van der Waals surface area (Å²) in [5.41, 5.74) is 1.30. The third-order valence-corrected chi connectivity index (χ3v) is 5.56. The van der Waals surface area contributed by atoms with E-state index in [0.29, 0.717) is 12.0 Å².